The molecule has 0 saturated carbocycles. The normalized spacial score (nSPS) is 13.3. The van der Waals surface area contributed by atoms with Gasteiger partial charge in [-0.2, -0.15) is 8.42 Å². The first-order valence-corrected chi connectivity index (χ1v) is 6.48. The molecule has 0 amide bonds. The van der Waals surface area contributed by atoms with Gasteiger partial charge in [0.1, 0.15) is 0 Å². The third-order valence-corrected chi connectivity index (χ3v) is 3.10. The molecule has 0 bridgehead atoms. The molecule has 0 atom stereocenters. The summed E-state index contributed by atoms with van der Waals surface area (Å²) in [7, 11) is -2.13. The molecule has 3 nitrogen and oxygen atoms in total. The minimum absolute atomic E-state index is 0.386. The van der Waals surface area contributed by atoms with Gasteiger partial charge < -0.3 is 5.32 Å². The topological polar surface area (TPSA) is 46.2 Å². The van der Waals surface area contributed by atoms with Crippen LogP contribution in [0.2, 0.25) is 0 Å². The molecule has 0 fully saturated rings. The fourth-order valence-corrected chi connectivity index (χ4v) is 1.84. The summed E-state index contributed by atoms with van der Waals surface area (Å²) < 4.78 is 21.4. The zero-order valence-electron chi connectivity index (χ0n) is 9.55. The Morgan fingerprint density at radius 2 is 1.89 bits per heavy atom. The van der Waals surface area contributed by atoms with E-state index in [1.54, 1.807) is 18.2 Å². The van der Waals surface area contributed by atoms with Gasteiger partial charge in [0.2, 0.25) is 10.3 Å². The molecule has 0 unspecified atom stereocenters. The van der Waals surface area contributed by atoms with Crippen LogP contribution in [0.15, 0.2) is 54.3 Å². The molecule has 1 aliphatic carbocycles. The lowest BCUT2D eigenvalue weighted by atomic mass is 10.1. The van der Waals surface area contributed by atoms with Crippen LogP contribution in [0.5, 0.6) is 0 Å². The number of benzene rings is 1. The highest BCUT2D eigenvalue weighted by molar-refractivity contribution is 7.73. The summed E-state index contributed by atoms with van der Waals surface area (Å²) in [6.45, 7) is 0. The third kappa shape index (κ3) is 3.37. The molecule has 2 rings (SSSR count). The highest BCUT2D eigenvalue weighted by Gasteiger charge is 2.01. The molecule has 4 heteroatoms. The van der Waals surface area contributed by atoms with E-state index in [9.17, 15) is 8.42 Å². The molecule has 0 radical (unpaired) electrons. The Labute approximate surface area is 107 Å². The molecule has 1 N–H and O–H groups in total. The Balaban J connectivity index is 2.00. The summed E-state index contributed by atoms with van der Waals surface area (Å²) in [5.74, 6) is 2.96. The van der Waals surface area contributed by atoms with E-state index in [1.807, 2.05) is 30.3 Å². The van der Waals surface area contributed by atoms with Crippen LogP contribution in [0.4, 0.5) is 0 Å². The van der Waals surface area contributed by atoms with Gasteiger partial charge in [-0.3, -0.25) is 0 Å². The van der Waals surface area contributed by atoms with Crippen molar-refractivity contribution in [1.29, 1.82) is 0 Å². The Morgan fingerprint density at radius 1 is 1.11 bits per heavy atom. The molecule has 0 aromatic heterocycles. The quantitative estimate of drug-likeness (QED) is 0.471. The SMILES string of the molecule is O=S(=O)=C1C=CC(NC#Cc2ccccc2)=CC1. The van der Waals surface area contributed by atoms with Crippen molar-refractivity contribution in [3.8, 4) is 12.0 Å². The predicted molar refractivity (Wildman–Crippen MR) is 72.2 cm³/mol. The summed E-state index contributed by atoms with van der Waals surface area (Å²) in [4.78, 5) is 0.386. The Hall–Kier alpha value is -2.25. The number of hydrogen-bond acceptors (Lipinski definition) is 3. The highest BCUT2D eigenvalue weighted by Crippen LogP contribution is 2.04. The van der Waals surface area contributed by atoms with Crippen LogP contribution in [-0.4, -0.2) is 13.3 Å². The van der Waals surface area contributed by atoms with E-state index in [1.165, 1.54) is 0 Å². The van der Waals surface area contributed by atoms with E-state index in [0.29, 0.717) is 11.3 Å². The van der Waals surface area contributed by atoms with E-state index in [0.717, 1.165) is 11.3 Å². The fourth-order valence-electron chi connectivity index (χ4n) is 1.44. The van der Waals surface area contributed by atoms with Crippen molar-refractivity contribution in [2.24, 2.45) is 0 Å². The van der Waals surface area contributed by atoms with Crippen molar-refractivity contribution >= 4 is 15.2 Å². The summed E-state index contributed by atoms with van der Waals surface area (Å²) in [6, 6.07) is 12.5. The van der Waals surface area contributed by atoms with E-state index in [-0.39, 0.29) is 0 Å². The molecule has 0 saturated heterocycles. The van der Waals surface area contributed by atoms with E-state index >= 15 is 0 Å². The van der Waals surface area contributed by atoms with Gasteiger partial charge in [0.05, 0.1) is 4.86 Å². The van der Waals surface area contributed by atoms with Crippen LogP contribution in [-0.2, 0) is 10.3 Å². The highest BCUT2D eigenvalue weighted by atomic mass is 32.2. The maximum absolute atomic E-state index is 10.7. The van der Waals surface area contributed by atoms with Crippen molar-refractivity contribution in [1.82, 2.24) is 5.32 Å². The smallest absolute Gasteiger partial charge is 0.217 e. The van der Waals surface area contributed by atoms with Gasteiger partial charge in [-0.25, -0.2) is 0 Å². The summed E-state index contributed by atoms with van der Waals surface area (Å²) >= 11 is 0. The minimum Gasteiger partial charge on any atom is -0.315 e. The fraction of sp³-hybridized carbons (Fsp3) is 0.0714. The standard InChI is InChI=1S/C14H11NO2S/c16-18(17)14-8-6-13(7-9-14)15-11-10-12-4-2-1-3-5-12/h1-8,15H,9H2. The van der Waals surface area contributed by atoms with Gasteiger partial charge >= 0.3 is 0 Å². The molecular formula is C14H11NO2S. The Bertz CT molecular complexity index is 678. The maximum atomic E-state index is 10.7. The lowest BCUT2D eigenvalue weighted by Crippen LogP contribution is -2.08. The van der Waals surface area contributed by atoms with E-state index < -0.39 is 10.3 Å². The monoisotopic (exact) mass is 257 g/mol. The summed E-state index contributed by atoms with van der Waals surface area (Å²) in [6.07, 6.45) is 5.48. The zero-order chi connectivity index (χ0) is 12.8. The van der Waals surface area contributed by atoms with Crippen LogP contribution in [0.3, 0.4) is 0 Å². The van der Waals surface area contributed by atoms with Crippen molar-refractivity contribution in [2.75, 3.05) is 0 Å². The van der Waals surface area contributed by atoms with E-state index in [4.69, 9.17) is 0 Å². The van der Waals surface area contributed by atoms with Gasteiger partial charge in [0.25, 0.3) is 0 Å². The van der Waals surface area contributed by atoms with Gasteiger partial charge in [0, 0.05) is 23.7 Å². The molecule has 18 heavy (non-hydrogen) atoms. The predicted octanol–water partition coefficient (Wildman–Crippen LogP) is 1.48. The Morgan fingerprint density at radius 3 is 2.50 bits per heavy atom. The van der Waals surface area contributed by atoms with Gasteiger partial charge in [0.15, 0.2) is 0 Å². The van der Waals surface area contributed by atoms with Crippen LogP contribution < -0.4 is 5.32 Å². The second-order valence-electron chi connectivity index (χ2n) is 3.64. The first-order valence-electron chi connectivity index (χ1n) is 5.41. The maximum Gasteiger partial charge on any atom is 0.217 e. The second kappa shape index (κ2) is 5.89. The molecule has 1 aliphatic rings. The van der Waals surface area contributed by atoms with Crippen LogP contribution in [0, 0.1) is 12.0 Å². The van der Waals surface area contributed by atoms with Crippen LogP contribution >= 0.6 is 0 Å². The zero-order valence-corrected chi connectivity index (χ0v) is 10.4. The van der Waals surface area contributed by atoms with Crippen molar-refractivity contribution in [3.63, 3.8) is 0 Å². The molecule has 0 spiro atoms. The largest absolute Gasteiger partial charge is 0.315 e. The van der Waals surface area contributed by atoms with Crippen molar-refractivity contribution in [3.05, 3.63) is 59.8 Å². The lowest BCUT2D eigenvalue weighted by molar-refractivity contribution is 0.627. The Kier molecular flexibility index (Phi) is 4.00. The minimum atomic E-state index is -2.13. The lowest BCUT2D eigenvalue weighted by Gasteiger charge is -2.04. The van der Waals surface area contributed by atoms with Crippen LogP contribution in [0.1, 0.15) is 12.0 Å². The number of hydrogen-bond donors (Lipinski definition) is 1. The van der Waals surface area contributed by atoms with Gasteiger partial charge in [-0.15, -0.1) is 0 Å². The summed E-state index contributed by atoms with van der Waals surface area (Å²) in [5.41, 5.74) is 1.74. The number of nitrogens with one attached hydrogen (secondary N) is 1. The molecule has 1 aromatic rings. The number of allylic oxidation sites excluding steroid dienone is 3. The average Bonchev–Trinajstić information content (AvgIpc) is 2.40. The molecule has 0 aliphatic heterocycles. The first-order chi connectivity index (χ1) is 8.75. The average molecular weight is 257 g/mol. The van der Waals surface area contributed by atoms with Crippen molar-refractivity contribution in [2.45, 2.75) is 6.42 Å². The first kappa shape index (κ1) is 12.2. The summed E-state index contributed by atoms with van der Waals surface area (Å²) in [5, 5.41) is 2.93. The molecule has 1 aromatic carbocycles. The molecule has 90 valence electrons. The number of rotatable bonds is 1. The van der Waals surface area contributed by atoms with Gasteiger partial charge in [-0.05, 0) is 30.2 Å². The molecule has 0 heterocycles. The molecular weight excluding hydrogens is 246 g/mol. The van der Waals surface area contributed by atoms with Crippen LogP contribution in [0.25, 0.3) is 0 Å². The van der Waals surface area contributed by atoms with Crippen molar-refractivity contribution < 1.29 is 8.42 Å². The third-order valence-electron chi connectivity index (χ3n) is 2.37. The second-order valence-corrected chi connectivity index (χ2v) is 4.63. The van der Waals surface area contributed by atoms with Gasteiger partial charge in [-0.1, -0.05) is 24.3 Å². The van der Waals surface area contributed by atoms with E-state index in [2.05, 4.69) is 17.3 Å².